The van der Waals surface area contributed by atoms with Gasteiger partial charge in [-0.15, -0.1) is 0 Å². The summed E-state index contributed by atoms with van der Waals surface area (Å²) in [6.45, 7) is 9.52. The van der Waals surface area contributed by atoms with Crippen LogP contribution in [0.15, 0.2) is 83.6 Å². The predicted octanol–water partition coefficient (Wildman–Crippen LogP) is 3.99. The van der Waals surface area contributed by atoms with E-state index in [1.54, 1.807) is 5.20 Å². The highest BCUT2D eigenvalue weighted by molar-refractivity contribution is 7.11. The zero-order valence-corrected chi connectivity index (χ0v) is 17.1. The third-order valence-electron chi connectivity index (χ3n) is 4.59. The maximum atomic E-state index is 4.25. The molecule has 1 N–H and O–H groups in total. The Kier molecular flexibility index (Phi) is 4.77. The second-order valence-electron chi connectivity index (χ2n) is 7.63. The van der Waals surface area contributed by atoms with Gasteiger partial charge in [-0.1, -0.05) is 103 Å². The van der Waals surface area contributed by atoms with Crippen molar-refractivity contribution in [3.8, 4) is 0 Å². The SMILES string of the molecule is CC1=C([Si](N[Si](C)(C)C)(c2ccccc2)c2ccccc2)CC=C1. The van der Waals surface area contributed by atoms with Crippen LogP contribution in [-0.4, -0.2) is 16.5 Å². The van der Waals surface area contributed by atoms with Gasteiger partial charge in [0.15, 0.2) is 0 Å². The molecule has 0 amide bonds. The lowest BCUT2D eigenvalue weighted by Crippen LogP contribution is -2.75. The molecule has 1 aliphatic rings. The van der Waals surface area contributed by atoms with Crippen molar-refractivity contribution in [1.82, 2.24) is 4.65 Å². The molecule has 0 saturated heterocycles. The Morgan fingerprint density at radius 2 is 1.29 bits per heavy atom. The summed E-state index contributed by atoms with van der Waals surface area (Å²) in [4.78, 5) is 0. The van der Waals surface area contributed by atoms with Gasteiger partial charge in [-0.2, -0.15) is 0 Å². The van der Waals surface area contributed by atoms with Crippen LogP contribution in [0.3, 0.4) is 0 Å². The summed E-state index contributed by atoms with van der Waals surface area (Å²) < 4.78 is 4.25. The molecule has 0 radical (unpaired) electrons. The molecule has 24 heavy (non-hydrogen) atoms. The Morgan fingerprint density at radius 3 is 1.67 bits per heavy atom. The summed E-state index contributed by atoms with van der Waals surface area (Å²) in [6.07, 6.45) is 5.69. The topological polar surface area (TPSA) is 12.0 Å². The minimum atomic E-state index is -2.18. The molecule has 2 aromatic carbocycles. The molecule has 0 spiro atoms. The molecule has 0 aliphatic heterocycles. The number of hydrogen-bond donors (Lipinski definition) is 1. The molecule has 2 aromatic rings. The number of allylic oxidation sites excluding steroid dienone is 4. The molecular weight excluding hydrogens is 322 g/mol. The molecule has 3 heteroatoms. The van der Waals surface area contributed by atoms with Crippen LogP contribution < -0.4 is 15.0 Å². The third-order valence-corrected chi connectivity index (χ3v) is 13.0. The normalized spacial score (nSPS) is 15.2. The summed E-state index contributed by atoms with van der Waals surface area (Å²) in [7, 11) is -3.69. The second kappa shape index (κ2) is 6.67. The monoisotopic (exact) mass is 349 g/mol. The molecular formula is C21H27NSi2. The molecule has 0 atom stereocenters. The number of nitrogens with one attached hydrogen (secondary N) is 1. The molecule has 0 aromatic heterocycles. The molecule has 1 nitrogen and oxygen atoms in total. The van der Waals surface area contributed by atoms with Gasteiger partial charge in [-0.25, -0.2) is 0 Å². The lowest BCUT2D eigenvalue weighted by Gasteiger charge is -2.41. The first-order valence-corrected chi connectivity index (χ1v) is 14.2. The lowest BCUT2D eigenvalue weighted by atomic mass is 10.3. The molecule has 3 rings (SSSR count). The van der Waals surface area contributed by atoms with Crippen LogP contribution >= 0.6 is 0 Å². The highest BCUT2D eigenvalue weighted by Gasteiger charge is 2.45. The van der Waals surface area contributed by atoms with Crippen molar-refractivity contribution in [2.75, 3.05) is 0 Å². The molecule has 1 aliphatic carbocycles. The van der Waals surface area contributed by atoms with Gasteiger partial charge in [0.1, 0.15) is 8.24 Å². The fourth-order valence-electron chi connectivity index (χ4n) is 3.74. The molecule has 0 heterocycles. The summed E-state index contributed by atoms with van der Waals surface area (Å²) in [5.41, 5.74) is 1.44. The second-order valence-corrected chi connectivity index (χ2v) is 16.4. The van der Waals surface area contributed by atoms with E-state index in [9.17, 15) is 0 Å². The van der Waals surface area contributed by atoms with Crippen LogP contribution in [-0.2, 0) is 0 Å². The van der Waals surface area contributed by atoms with E-state index in [4.69, 9.17) is 0 Å². The van der Waals surface area contributed by atoms with Crippen molar-refractivity contribution in [1.29, 1.82) is 0 Å². The average Bonchev–Trinajstić information content (AvgIpc) is 3.00. The van der Waals surface area contributed by atoms with Crippen molar-refractivity contribution >= 4 is 26.8 Å². The van der Waals surface area contributed by atoms with E-state index in [0.29, 0.717) is 0 Å². The van der Waals surface area contributed by atoms with Gasteiger partial charge in [0.2, 0.25) is 8.24 Å². The first kappa shape index (κ1) is 17.1. The zero-order valence-electron chi connectivity index (χ0n) is 15.1. The van der Waals surface area contributed by atoms with Crippen molar-refractivity contribution in [3.63, 3.8) is 0 Å². The number of rotatable bonds is 5. The molecule has 0 unspecified atom stereocenters. The Balaban J connectivity index is 2.31. The minimum Gasteiger partial charge on any atom is -0.349 e. The summed E-state index contributed by atoms with van der Waals surface area (Å²) in [5, 5.41) is 4.55. The summed E-state index contributed by atoms with van der Waals surface area (Å²) >= 11 is 0. The quantitative estimate of drug-likeness (QED) is 0.805. The van der Waals surface area contributed by atoms with Crippen LogP contribution in [0.1, 0.15) is 13.3 Å². The third kappa shape index (κ3) is 3.25. The van der Waals surface area contributed by atoms with E-state index in [2.05, 4.69) is 104 Å². The van der Waals surface area contributed by atoms with Crippen molar-refractivity contribution in [2.24, 2.45) is 0 Å². The van der Waals surface area contributed by atoms with Crippen LogP contribution in [0.25, 0.3) is 0 Å². The van der Waals surface area contributed by atoms with Gasteiger partial charge in [-0.05, 0) is 23.7 Å². The zero-order chi connectivity index (χ0) is 17.2. The summed E-state index contributed by atoms with van der Waals surface area (Å²) in [6, 6.07) is 22.3. The molecule has 0 fully saturated rings. The highest BCUT2D eigenvalue weighted by atomic mass is 28.4. The van der Waals surface area contributed by atoms with Crippen LogP contribution in [0, 0.1) is 0 Å². The lowest BCUT2D eigenvalue weighted by molar-refractivity contribution is 1.26. The van der Waals surface area contributed by atoms with Crippen LogP contribution in [0.5, 0.6) is 0 Å². The van der Waals surface area contributed by atoms with Gasteiger partial charge in [0, 0.05) is 0 Å². The average molecular weight is 350 g/mol. The van der Waals surface area contributed by atoms with E-state index < -0.39 is 16.5 Å². The van der Waals surface area contributed by atoms with Crippen molar-refractivity contribution in [3.05, 3.63) is 83.6 Å². The molecule has 124 valence electrons. The fraction of sp³-hybridized carbons (Fsp3) is 0.238. The minimum absolute atomic E-state index is 1.07. The Morgan fingerprint density at radius 1 is 0.792 bits per heavy atom. The van der Waals surface area contributed by atoms with Gasteiger partial charge < -0.3 is 4.65 Å². The smallest absolute Gasteiger partial charge is 0.212 e. The largest absolute Gasteiger partial charge is 0.349 e. The Bertz CT molecular complexity index is 716. The van der Waals surface area contributed by atoms with E-state index in [1.807, 2.05) is 0 Å². The van der Waals surface area contributed by atoms with E-state index in [1.165, 1.54) is 15.9 Å². The maximum absolute atomic E-state index is 4.25. The van der Waals surface area contributed by atoms with Gasteiger partial charge in [0.25, 0.3) is 0 Å². The Hall–Kier alpha value is -1.69. The maximum Gasteiger partial charge on any atom is 0.212 e. The highest BCUT2D eigenvalue weighted by Crippen LogP contribution is 2.27. The van der Waals surface area contributed by atoms with E-state index in [-0.39, 0.29) is 0 Å². The Labute approximate surface area is 148 Å². The first-order chi connectivity index (χ1) is 11.4. The fourth-order valence-corrected chi connectivity index (χ4v) is 13.5. The van der Waals surface area contributed by atoms with Gasteiger partial charge in [0.05, 0.1) is 0 Å². The van der Waals surface area contributed by atoms with Crippen molar-refractivity contribution in [2.45, 2.75) is 33.0 Å². The number of hydrogen-bond acceptors (Lipinski definition) is 1. The molecule has 0 saturated carbocycles. The van der Waals surface area contributed by atoms with Crippen LogP contribution in [0.2, 0.25) is 19.6 Å². The van der Waals surface area contributed by atoms with E-state index in [0.717, 1.165) is 6.42 Å². The predicted molar refractivity (Wildman–Crippen MR) is 111 cm³/mol. The van der Waals surface area contributed by atoms with Gasteiger partial charge in [-0.3, -0.25) is 0 Å². The molecule has 0 bridgehead atoms. The summed E-state index contributed by atoms with van der Waals surface area (Å²) in [5.74, 6) is 0. The van der Waals surface area contributed by atoms with Gasteiger partial charge >= 0.3 is 0 Å². The first-order valence-electron chi connectivity index (χ1n) is 8.71. The standard InChI is InChI=1S/C21H27NSi2/c1-18-12-11-17-21(18)24(22-23(2,3)4,19-13-7-5-8-14-19)20-15-9-6-10-16-20/h5-16,22H,17H2,1-4H3. The van der Waals surface area contributed by atoms with E-state index >= 15 is 0 Å². The number of benzene rings is 2. The van der Waals surface area contributed by atoms with Crippen molar-refractivity contribution < 1.29 is 0 Å². The van der Waals surface area contributed by atoms with Crippen LogP contribution in [0.4, 0.5) is 0 Å².